The molecule has 1 N–H and O–H groups in total. The summed E-state index contributed by atoms with van der Waals surface area (Å²) < 4.78 is 0. The fourth-order valence-corrected chi connectivity index (χ4v) is 3.44. The molecule has 0 aromatic heterocycles. The van der Waals surface area contributed by atoms with Crippen molar-refractivity contribution in [1.29, 1.82) is 0 Å². The average Bonchev–Trinajstić information content (AvgIpc) is 2.43. The molecule has 2 aromatic carbocycles. The highest BCUT2D eigenvalue weighted by molar-refractivity contribution is 5.31. The van der Waals surface area contributed by atoms with E-state index in [1.165, 1.54) is 29.5 Å². The maximum atomic E-state index is 3.78. The summed E-state index contributed by atoms with van der Waals surface area (Å²) in [6, 6.07) is 18.7. The van der Waals surface area contributed by atoms with Gasteiger partial charge in [0.15, 0.2) is 0 Å². The van der Waals surface area contributed by atoms with Crippen molar-refractivity contribution in [1.82, 2.24) is 5.32 Å². The zero-order chi connectivity index (χ0) is 14.8. The highest BCUT2D eigenvalue weighted by atomic mass is 15.0. The van der Waals surface area contributed by atoms with Gasteiger partial charge in [-0.15, -0.1) is 0 Å². The molecule has 21 heavy (non-hydrogen) atoms. The molecule has 0 heterocycles. The lowest BCUT2D eigenvalue weighted by molar-refractivity contribution is 0.270. The van der Waals surface area contributed by atoms with Crippen LogP contribution in [0.25, 0.3) is 0 Å². The Morgan fingerprint density at radius 3 is 2.48 bits per heavy atom. The van der Waals surface area contributed by atoms with Crippen molar-refractivity contribution >= 4 is 0 Å². The van der Waals surface area contributed by atoms with Crippen LogP contribution < -0.4 is 5.32 Å². The summed E-state index contributed by atoms with van der Waals surface area (Å²) in [6.45, 7) is 6.66. The number of aryl methyl sites for hydroxylation is 2. The number of nitrogens with one attached hydrogen (secondary N) is 1. The first-order valence-electron chi connectivity index (χ1n) is 8.01. The van der Waals surface area contributed by atoms with Crippen LogP contribution in [0.3, 0.4) is 0 Å². The van der Waals surface area contributed by atoms with Crippen LogP contribution in [-0.4, -0.2) is 6.04 Å². The Bertz CT molecular complexity index is 611. The van der Waals surface area contributed by atoms with Gasteiger partial charge in [0.25, 0.3) is 0 Å². The molecule has 0 aliphatic heterocycles. The molecule has 0 saturated heterocycles. The maximum Gasteiger partial charge on any atom is 0.0294 e. The lowest BCUT2D eigenvalue weighted by Gasteiger charge is -2.39. The molecule has 1 heteroatoms. The van der Waals surface area contributed by atoms with Gasteiger partial charge in [0.2, 0.25) is 0 Å². The van der Waals surface area contributed by atoms with E-state index in [2.05, 4.69) is 74.6 Å². The third-order valence-corrected chi connectivity index (χ3v) is 4.79. The largest absolute Gasteiger partial charge is 0.307 e. The van der Waals surface area contributed by atoms with E-state index in [1.807, 2.05) is 0 Å². The molecule has 2 aromatic rings. The van der Waals surface area contributed by atoms with Crippen LogP contribution >= 0.6 is 0 Å². The topological polar surface area (TPSA) is 12.0 Å². The standard InChI is InChI=1S/C20H25N/c1-14-7-6-9-17(11-14)16(3)21-19-12-18(13-19)20-10-5-4-8-15(20)2/h4-11,16,18-19,21H,12-13H2,1-3H3/t16-,18?,19?/m1/s1. The van der Waals surface area contributed by atoms with Gasteiger partial charge in [0.05, 0.1) is 0 Å². The summed E-state index contributed by atoms with van der Waals surface area (Å²) in [6.07, 6.45) is 2.53. The van der Waals surface area contributed by atoms with E-state index in [4.69, 9.17) is 0 Å². The van der Waals surface area contributed by atoms with Gasteiger partial charge in [-0.3, -0.25) is 0 Å². The van der Waals surface area contributed by atoms with E-state index in [0.29, 0.717) is 12.1 Å². The Hall–Kier alpha value is -1.60. The first-order chi connectivity index (χ1) is 10.1. The maximum absolute atomic E-state index is 3.78. The molecule has 0 unspecified atom stereocenters. The zero-order valence-electron chi connectivity index (χ0n) is 13.3. The number of benzene rings is 2. The van der Waals surface area contributed by atoms with Crippen molar-refractivity contribution in [2.75, 3.05) is 0 Å². The molecule has 1 saturated carbocycles. The van der Waals surface area contributed by atoms with Crippen LogP contribution in [0.5, 0.6) is 0 Å². The molecule has 1 fully saturated rings. The Labute approximate surface area is 128 Å². The summed E-state index contributed by atoms with van der Waals surface area (Å²) in [5.74, 6) is 0.744. The monoisotopic (exact) mass is 279 g/mol. The van der Waals surface area contributed by atoms with Crippen LogP contribution in [0, 0.1) is 13.8 Å². The third kappa shape index (κ3) is 3.19. The molecule has 0 bridgehead atoms. The minimum Gasteiger partial charge on any atom is -0.307 e. The predicted molar refractivity (Wildman–Crippen MR) is 89.7 cm³/mol. The second-order valence-electron chi connectivity index (χ2n) is 6.52. The molecule has 0 amide bonds. The molecule has 1 atom stereocenters. The predicted octanol–water partition coefficient (Wildman–Crippen LogP) is 4.90. The summed E-state index contributed by atoms with van der Waals surface area (Å²) in [5.41, 5.74) is 5.72. The van der Waals surface area contributed by atoms with E-state index >= 15 is 0 Å². The SMILES string of the molecule is Cc1cccc([C@@H](C)NC2CC(c3ccccc3C)C2)c1. The smallest absolute Gasteiger partial charge is 0.0294 e. The van der Waals surface area contributed by atoms with Gasteiger partial charge in [0.1, 0.15) is 0 Å². The quantitative estimate of drug-likeness (QED) is 0.839. The highest BCUT2D eigenvalue weighted by Crippen LogP contribution is 2.39. The number of hydrogen-bond acceptors (Lipinski definition) is 1. The van der Waals surface area contributed by atoms with E-state index in [0.717, 1.165) is 5.92 Å². The van der Waals surface area contributed by atoms with Crippen LogP contribution in [0.4, 0.5) is 0 Å². The molecule has 0 spiro atoms. The molecular formula is C20H25N. The van der Waals surface area contributed by atoms with Crippen molar-refractivity contribution in [3.05, 3.63) is 70.8 Å². The molecule has 110 valence electrons. The van der Waals surface area contributed by atoms with E-state index in [1.54, 1.807) is 5.56 Å². The van der Waals surface area contributed by atoms with Gasteiger partial charge in [-0.25, -0.2) is 0 Å². The molecule has 0 radical (unpaired) electrons. The van der Waals surface area contributed by atoms with Crippen molar-refractivity contribution in [3.63, 3.8) is 0 Å². The lowest BCUT2D eigenvalue weighted by Crippen LogP contribution is -2.41. The first-order valence-corrected chi connectivity index (χ1v) is 8.01. The van der Waals surface area contributed by atoms with Crippen molar-refractivity contribution < 1.29 is 0 Å². The lowest BCUT2D eigenvalue weighted by atomic mass is 9.74. The van der Waals surface area contributed by atoms with Gasteiger partial charge in [-0.1, -0.05) is 54.1 Å². The van der Waals surface area contributed by atoms with Crippen LogP contribution in [0.1, 0.15) is 54.0 Å². The third-order valence-electron chi connectivity index (χ3n) is 4.79. The van der Waals surface area contributed by atoms with Gasteiger partial charge in [0, 0.05) is 12.1 Å². The molecule has 3 rings (SSSR count). The van der Waals surface area contributed by atoms with Crippen LogP contribution in [0.2, 0.25) is 0 Å². The Morgan fingerprint density at radius 1 is 1.00 bits per heavy atom. The Kier molecular flexibility index (Phi) is 4.12. The van der Waals surface area contributed by atoms with E-state index in [-0.39, 0.29) is 0 Å². The Balaban J connectivity index is 1.56. The van der Waals surface area contributed by atoms with Crippen molar-refractivity contribution in [2.24, 2.45) is 0 Å². The summed E-state index contributed by atoms with van der Waals surface area (Å²) in [5, 5.41) is 3.78. The fraction of sp³-hybridized carbons (Fsp3) is 0.400. The molecule has 1 nitrogen and oxygen atoms in total. The molecule has 1 aliphatic carbocycles. The van der Waals surface area contributed by atoms with E-state index in [9.17, 15) is 0 Å². The van der Waals surface area contributed by atoms with Crippen LogP contribution in [0.15, 0.2) is 48.5 Å². The average molecular weight is 279 g/mol. The zero-order valence-corrected chi connectivity index (χ0v) is 13.3. The minimum atomic E-state index is 0.438. The second-order valence-corrected chi connectivity index (χ2v) is 6.52. The molecular weight excluding hydrogens is 254 g/mol. The fourth-order valence-electron chi connectivity index (χ4n) is 3.44. The van der Waals surface area contributed by atoms with Gasteiger partial charge in [-0.05, 0) is 56.2 Å². The minimum absolute atomic E-state index is 0.438. The summed E-state index contributed by atoms with van der Waals surface area (Å²) >= 11 is 0. The van der Waals surface area contributed by atoms with E-state index < -0.39 is 0 Å². The number of rotatable bonds is 4. The summed E-state index contributed by atoms with van der Waals surface area (Å²) in [7, 11) is 0. The number of hydrogen-bond donors (Lipinski definition) is 1. The van der Waals surface area contributed by atoms with Crippen molar-refractivity contribution in [2.45, 2.75) is 51.6 Å². The van der Waals surface area contributed by atoms with Gasteiger partial charge in [-0.2, -0.15) is 0 Å². The first kappa shape index (κ1) is 14.3. The van der Waals surface area contributed by atoms with Crippen molar-refractivity contribution in [3.8, 4) is 0 Å². The molecule has 1 aliphatic rings. The second kappa shape index (κ2) is 6.03. The normalized spacial score (nSPS) is 22.6. The van der Waals surface area contributed by atoms with Crippen LogP contribution in [-0.2, 0) is 0 Å². The Morgan fingerprint density at radius 2 is 1.76 bits per heavy atom. The summed E-state index contributed by atoms with van der Waals surface area (Å²) in [4.78, 5) is 0. The van der Waals surface area contributed by atoms with Gasteiger partial charge >= 0.3 is 0 Å². The highest BCUT2D eigenvalue weighted by Gasteiger charge is 2.31. The van der Waals surface area contributed by atoms with Gasteiger partial charge < -0.3 is 5.32 Å².